The summed E-state index contributed by atoms with van der Waals surface area (Å²) in [4.78, 5) is 23.5. The lowest BCUT2D eigenvalue weighted by atomic mass is 10.1. The number of nitrogens with zero attached hydrogens (tertiary/aromatic N) is 4. The van der Waals surface area contributed by atoms with Crippen molar-refractivity contribution in [2.75, 3.05) is 0 Å². The molecule has 3 rings (SSSR count). The van der Waals surface area contributed by atoms with Gasteiger partial charge in [0, 0.05) is 41.2 Å². The first-order chi connectivity index (χ1) is 8.77. The lowest BCUT2D eigenvalue weighted by molar-refractivity contribution is 0.187. The Morgan fingerprint density at radius 2 is 2.00 bits per heavy atom. The van der Waals surface area contributed by atoms with Gasteiger partial charge in [-0.05, 0) is 12.1 Å². The molecule has 0 aliphatic heterocycles. The Kier molecular flexibility index (Phi) is 2.26. The van der Waals surface area contributed by atoms with Crippen LogP contribution in [0.4, 0.5) is 0 Å². The van der Waals surface area contributed by atoms with Crippen molar-refractivity contribution in [2.24, 2.45) is 0 Å². The minimum absolute atomic E-state index is 0.212. The van der Waals surface area contributed by atoms with Crippen molar-refractivity contribution in [1.29, 1.82) is 0 Å². The van der Waals surface area contributed by atoms with E-state index >= 15 is 0 Å². The first-order valence-corrected chi connectivity index (χ1v) is 5.23. The highest BCUT2D eigenvalue weighted by molar-refractivity contribution is 5.91. The number of hydrogen-bond acceptors (Lipinski definition) is 5. The molecule has 88 valence electrons. The second-order valence-corrected chi connectivity index (χ2v) is 3.71. The van der Waals surface area contributed by atoms with Crippen LogP contribution in [-0.4, -0.2) is 24.9 Å². The Hall–Kier alpha value is -2.76. The lowest BCUT2D eigenvalue weighted by Crippen LogP contribution is -2.18. The summed E-state index contributed by atoms with van der Waals surface area (Å²) >= 11 is 0. The average Bonchev–Trinajstić information content (AvgIpc) is 2.44. The monoisotopic (exact) mass is 240 g/mol. The van der Waals surface area contributed by atoms with E-state index in [1.807, 2.05) is 0 Å². The molecule has 6 heteroatoms. The minimum Gasteiger partial charge on any atom is -0.423 e. The zero-order valence-electron chi connectivity index (χ0n) is 9.19. The maximum absolute atomic E-state index is 11.7. The van der Waals surface area contributed by atoms with Crippen LogP contribution >= 0.6 is 0 Å². The predicted molar refractivity (Wildman–Crippen MR) is 64.2 cm³/mol. The van der Waals surface area contributed by atoms with Crippen LogP contribution in [0.5, 0.6) is 0 Å². The van der Waals surface area contributed by atoms with Crippen LogP contribution in [0.2, 0.25) is 0 Å². The molecular formula is C12H8N4O2. The second kappa shape index (κ2) is 3.92. The van der Waals surface area contributed by atoms with Crippen molar-refractivity contribution in [2.45, 2.75) is 0 Å². The average molecular weight is 240 g/mol. The van der Waals surface area contributed by atoms with Crippen LogP contribution in [0.25, 0.3) is 22.2 Å². The fourth-order valence-corrected chi connectivity index (χ4v) is 1.82. The molecule has 1 N–H and O–H groups in total. The van der Waals surface area contributed by atoms with Crippen LogP contribution in [-0.2, 0) is 0 Å². The van der Waals surface area contributed by atoms with Gasteiger partial charge in [-0.1, -0.05) is 0 Å². The third-order valence-corrected chi connectivity index (χ3v) is 2.63. The summed E-state index contributed by atoms with van der Waals surface area (Å²) in [6.45, 7) is 0. The first-order valence-electron chi connectivity index (χ1n) is 5.23. The molecule has 3 aromatic heterocycles. The molecule has 0 radical (unpaired) electrons. The topological polar surface area (TPSA) is 80.9 Å². The molecular weight excluding hydrogens is 232 g/mol. The summed E-state index contributed by atoms with van der Waals surface area (Å²) in [5, 5.41) is 10.3. The molecule has 0 saturated carbocycles. The third-order valence-electron chi connectivity index (χ3n) is 2.63. The van der Waals surface area contributed by atoms with Crippen molar-refractivity contribution in [3.05, 3.63) is 53.5 Å². The van der Waals surface area contributed by atoms with Gasteiger partial charge in [0.05, 0.1) is 0 Å². The van der Waals surface area contributed by atoms with E-state index in [0.29, 0.717) is 21.2 Å². The van der Waals surface area contributed by atoms with Crippen molar-refractivity contribution in [3.8, 4) is 11.1 Å². The molecule has 0 atom stereocenters. The van der Waals surface area contributed by atoms with Crippen molar-refractivity contribution < 1.29 is 5.21 Å². The first kappa shape index (κ1) is 10.4. The van der Waals surface area contributed by atoms with Crippen LogP contribution < -0.4 is 5.56 Å². The second-order valence-electron chi connectivity index (χ2n) is 3.71. The highest BCUT2D eigenvalue weighted by Gasteiger charge is 2.10. The van der Waals surface area contributed by atoms with E-state index in [0.717, 1.165) is 0 Å². The van der Waals surface area contributed by atoms with E-state index in [2.05, 4.69) is 15.0 Å². The number of aromatic nitrogens is 4. The van der Waals surface area contributed by atoms with Gasteiger partial charge in [0.2, 0.25) is 0 Å². The van der Waals surface area contributed by atoms with E-state index in [1.165, 1.54) is 18.6 Å². The summed E-state index contributed by atoms with van der Waals surface area (Å²) < 4.78 is 0.530. The molecule has 18 heavy (non-hydrogen) atoms. The fourth-order valence-electron chi connectivity index (χ4n) is 1.82. The largest absolute Gasteiger partial charge is 0.423 e. The molecule has 0 aromatic carbocycles. The quantitative estimate of drug-likeness (QED) is 0.644. The molecule has 0 aliphatic carbocycles. The Balaban J connectivity index is 2.44. The zero-order valence-corrected chi connectivity index (χ0v) is 9.19. The van der Waals surface area contributed by atoms with Gasteiger partial charge in [0.1, 0.15) is 6.33 Å². The van der Waals surface area contributed by atoms with Gasteiger partial charge >= 0.3 is 0 Å². The molecule has 0 aliphatic rings. The zero-order chi connectivity index (χ0) is 12.5. The van der Waals surface area contributed by atoms with Gasteiger partial charge in [-0.3, -0.25) is 4.79 Å². The Labute approximate surface area is 101 Å². The third kappa shape index (κ3) is 1.51. The van der Waals surface area contributed by atoms with Gasteiger partial charge < -0.3 is 5.21 Å². The molecule has 0 fully saturated rings. The molecule has 0 amide bonds. The maximum atomic E-state index is 11.7. The molecule has 3 aromatic rings. The normalized spacial score (nSPS) is 10.7. The Morgan fingerprint density at radius 1 is 1.22 bits per heavy atom. The Bertz CT molecular complexity index is 768. The number of hydrogen-bond donors (Lipinski definition) is 1. The van der Waals surface area contributed by atoms with Crippen molar-refractivity contribution >= 4 is 11.0 Å². The van der Waals surface area contributed by atoms with Gasteiger partial charge in [-0.15, -0.1) is 4.73 Å². The molecule has 3 heterocycles. The van der Waals surface area contributed by atoms with E-state index in [1.54, 1.807) is 24.5 Å². The van der Waals surface area contributed by atoms with Crippen molar-refractivity contribution in [3.63, 3.8) is 0 Å². The highest BCUT2D eigenvalue weighted by atomic mass is 16.5. The maximum Gasteiger partial charge on any atom is 0.285 e. The number of pyridine rings is 2. The summed E-state index contributed by atoms with van der Waals surface area (Å²) in [6, 6.07) is 4.85. The molecule has 0 saturated heterocycles. The van der Waals surface area contributed by atoms with Crippen LogP contribution in [0, 0.1) is 0 Å². The summed E-state index contributed by atoms with van der Waals surface area (Å²) in [7, 11) is 0. The lowest BCUT2D eigenvalue weighted by Gasteiger charge is -2.07. The Morgan fingerprint density at radius 3 is 2.78 bits per heavy atom. The summed E-state index contributed by atoms with van der Waals surface area (Å²) in [6.07, 6.45) is 6.14. The standard InChI is InChI=1S/C12H8N4O2/c17-11-4-10(8-5-13-7-14-6-8)9-2-1-3-15-12(9)16(11)18/h1-7,18H. The summed E-state index contributed by atoms with van der Waals surface area (Å²) in [5.41, 5.74) is 1.02. The molecule has 0 unspecified atom stereocenters. The number of fused-ring (bicyclic) bond motifs is 1. The van der Waals surface area contributed by atoms with Crippen molar-refractivity contribution in [1.82, 2.24) is 19.7 Å². The SMILES string of the molecule is O=c1cc(-c2cncnc2)c2cccnc2n1O. The van der Waals surface area contributed by atoms with Gasteiger partial charge in [0.15, 0.2) is 5.65 Å². The molecule has 6 nitrogen and oxygen atoms in total. The van der Waals surface area contributed by atoms with Gasteiger partial charge in [-0.25, -0.2) is 15.0 Å². The number of rotatable bonds is 1. The van der Waals surface area contributed by atoms with Gasteiger partial charge in [-0.2, -0.15) is 0 Å². The smallest absolute Gasteiger partial charge is 0.285 e. The van der Waals surface area contributed by atoms with E-state index < -0.39 is 5.56 Å². The van der Waals surface area contributed by atoms with E-state index in [4.69, 9.17) is 0 Å². The highest BCUT2D eigenvalue weighted by Crippen LogP contribution is 2.24. The van der Waals surface area contributed by atoms with Crippen LogP contribution in [0.15, 0.2) is 47.9 Å². The minimum atomic E-state index is -0.542. The van der Waals surface area contributed by atoms with Crippen LogP contribution in [0.3, 0.4) is 0 Å². The van der Waals surface area contributed by atoms with E-state index in [9.17, 15) is 10.0 Å². The summed E-state index contributed by atoms with van der Waals surface area (Å²) in [5.74, 6) is 0. The van der Waals surface area contributed by atoms with Gasteiger partial charge in [0.25, 0.3) is 5.56 Å². The fraction of sp³-hybridized carbons (Fsp3) is 0. The van der Waals surface area contributed by atoms with Crippen LogP contribution in [0.1, 0.15) is 0 Å². The predicted octanol–water partition coefficient (Wildman–Crippen LogP) is 1.09. The molecule has 0 bridgehead atoms. The molecule has 0 spiro atoms. The van der Waals surface area contributed by atoms with E-state index in [-0.39, 0.29) is 5.65 Å².